The van der Waals surface area contributed by atoms with Crippen LogP contribution in [0.4, 0.5) is 0 Å². The fourth-order valence-corrected chi connectivity index (χ4v) is 3.22. The van der Waals surface area contributed by atoms with Crippen LogP contribution >= 0.6 is 11.3 Å². The van der Waals surface area contributed by atoms with Crippen molar-refractivity contribution in [3.8, 4) is 0 Å². The number of aromatic nitrogens is 2. The van der Waals surface area contributed by atoms with Gasteiger partial charge >= 0.3 is 5.97 Å². The van der Waals surface area contributed by atoms with Crippen LogP contribution in [0.15, 0.2) is 48.8 Å². The highest BCUT2D eigenvalue weighted by Gasteiger charge is 2.27. The van der Waals surface area contributed by atoms with Gasteiger partial charge in [0.1, 0.15) is 10.9 Å². The number of carbonyl (C=O) groups excluding carboxylic acids is 1. The monoisotopic (exact) mass is 298 g/mol. The van der Waals surface area contributed by atoms with Gasteiger partial charge < -0.3 is 4.74 Å². The Morgan fingerprint density at radius 2 is 2.10 bits per heavy atom. The molecule has 1 unspecified atom stereocenters. The Morgan fingerprint density at radius 3 is 2.81 bits per heavy atom. The first-order valence-electron chi connectivity index (χ1n) is 6.71. The van der Waals surface area contributed by atoms with Crippen LogP contribution in [-0.4, -0.2) is 22.5 Å². The van der Waals surface area contributed by atoms with E-state index >= 15 is 0 Å². The van der Waals surface area contributed by atoms with Gasteiger partial charge in [-0.2, -0.15) is 0 Å². The van der Waals surface area contributed by atoms with E-state index in [0.29, 0.717) is 6.61 Å². The summed E-state index contributed by atoms with van der Waals surface area (Å²) in [6.07, 6.45) is 3.44. The normalized spacial score (nSPS) is 12.2. The van der Waals surface area contributed by atoms with Crippen molar-refractivity contribution in [2.45, 2.75) is 12.8 Å². The van der Waals surface area contributed by atoms with Crippen LogP contribution in [0.5, 0.6) is 0 Å². The summed E-state index contributed by atoms with van der Waals surface area (Å²) in [4.78, 5) is 21.0. The van der Waals surface area contributed by atoms with E-state index in [1.165, 1.54) is 11.3 Å². The molecule has 2 heterocycles. The lowest BCUT2D eigenvalue weighted by molar-refractivity contribution is -0.143. The van der Waals surface area contributed by atoms with Crippen LogP contribution in [-0.2, 0) is 9.53 Å². The van der Waals surface area contributed by atoms with Gasteiger partial charge in [-0.15, -0.1) is 11.3 Å². The number of hydrogen-bond donors (Lipinski definition) is 0. The first kappa shape index (κ1) is 13.7. The van der Waals surface area contributed by atoms with Crippen LogP contribution < -0.4 is 0 Å². The zero-order valence-corrected chi connectivity index (χ0v) is 12.3. The molecule has 0 fully saturated rings. The molecule has 1 atom stereocenters. The molecule has 0 spiro atoms. The number of rotatable bonds is 4. The summed E-state index contributed by atoms with van der Waals surface area (Å²) in [5.74, 6) is -0.751. The second kappa shape index (κ2) is 6.01. The number of ether oxygens (including phenoxy) is 1. The SMILES string of the molecule is CCOC(=O)C(c1ccccc1)c1nc2cnccc2s1. The molecule has 4 nitrogen and oxygen atoms in total. The number of carbonyl (C=O) groups is 1. The highest BCUT2D eigenvalue weighted by molar-refractivity contribution is 7.18. The number of hydrogen-bond acceptors (Lipinski definition) is 5. The van der Waals surface area contributed by atoms with Crippen molar-refractivity contribution in [3.05, 3.63) is 59.4 Å². The largest absolute Gasteiger partial charge is 0.465 e. The Balaban J connectivity index is 2.08. The maximum atomic E-state index is 12.3. The lowest BCUT2D eigenvalue weighted by atomic mass is 10.00. The molecule has 3 rings (SSSR count). The number of thiazole rings is 1. The van der Waals surface area contributed by atoms with Crippen molar-refractivity contribution in [1.82, 2.24) is 9.97 Å². The van der Waals surface area contributed by atoms with Gasteiger partial charge in [0.05, 0.1) is 23.0 Å². The Kier molecular flexibility index (Phi) is 3.92. The van der Waals surface area contributed by atoms with Crippen LogP contribution in [0.2, 0.25) is 0 Å². The second-order valence-electron chi connectivity index (χ2n) is 4.49. The fraction of sp³-hybridized carbons (Fsp3) is 0.188. The molecule has 0 bridgehead atoms. The molecule has 0 aliphatic rings. The maximum Gasteiger partial charge on any atom is 0.320 e. The summed E-state index contributed by atoms with van der Waals surface area (Å²) < 4.78 is 6.24. The quantitative estimate of drug-likeness (QED) is 0.693. The number of fused-ring (bicyclic) bond motifs is 1. The van der Waals surface area contributed by atoms with Gasteiger partial charge in [-0.25, -0.2) is 4.98 Å². The topological polar surface area (TPSA) is 52.1 Å². The Morgan fingerprint density at radius 1 is 1.29 bits per heavy atom. The highest BCUT2D eigenvalue weighted by Crippen LogP contribution is 2.32. The van der Waals surface area contributed by atoms with Crippen molar-refractivity contribution in [1.29, 1.82) is 0 Å². The van der Waals surface area contributed by atoms with E-state index in [2.05, 4.69) is 9.97 Å². The Labute approximate surface area is 126 Å². The molecule has 0 amide bonds. The van der Waals surface area contributed by atoms with Gasteiger partial charge in [0, 0.05) is 6.20 Å². The number of esters is 1. The first-order chi connectivity index (χ1) is 10.3. The summed E-state index contributed by atoms with van der Waals surface area (Å²) >= 11 is 1.50. The number of nitrogens with zero attached hydrogens (tertiary/aromatic N) is 2. The van der Waals surface area contributed by atoms with Crippen LogP contribution in [0.1, 0.15) is 23.4 Å². The van der Waals surface area contributed by atoms with E-state index in [4.69, 9.17) is 4.74 Å². The average Bonchev–Trinajstić information content (AvgIpc) is 2.92. The summed E-state index contributed by atoms with van der Waals surface area (Å²) in [6, 6.07) is 11.5. The summed E-state index contributed by atoms with van der Waals surface area (Å²) in [5, 5.41) is 0.739. The molecule has 106 valence electrons. The van der Waals surface area contributed by atoms with Crippen molar-refractivity contribution in [2.75, 3.05) is 6.61 Å². The molecule has 2 aromatic heterocycles. The third kappa shape index (κ3) is 2.78. The van der Waals surface area contributed by atoms with Crippen molar-refractivity contribution in [3.63, 3.8) is 0 Å². The molecule has 1 aromatic carbocycles. The minimum atomic E-state index is -0.483. The predicted molar refractivity (Wildman–Crippen MR) is 82.3 cm³/mol. The standard InChI is InChI=1S/C16H14N2O2S/c1-2-20-16(19)14(11-6-4-3-5-7-11)15-18-12-10-17-9-8-13(12)21-15/h3-10,14H,2H2,1H3. The third-order valence-corrected chi connectivity index (χ3v) is 4.21. The molecule has 0 aliphatic heterocycles. The summed E-state index contributed by atoms with van der Waals surface area (Å²) in [7, 11) is 0. The van der Waals surface area contributed by atoms with Crippen molar-refractivity contribution >= 4 is 27.5 Å². The van der Waals surface area contributed by atoms with E-state index in [9.17, 15) is 4.79 Å². The second-order valence-corrected chi connectivity index (χ2v) is 5.55. The van der Waals surface area contributed by atoms with Gasteiger partial charge in [-0.05, 0) is 18.6 Å². The van der Waals surface area contributed by atoms with Gasteiger partial charge in [-0.3, -0.25) is 9.78 Å². The smallest absolute Gasteiger partial charge is 0.320 e. The zero-order valence-electron chi connectivity index (χ0n) is 11.5. The lowest BCUT2D eigenvalue weighted by Gasteiger charge is -2.13. The molecular formula is C16H14N2O2S. The number of benzene rings is 1. The average molecular weight is 298 g/mol. The Hall–Kier alpha value is -2.27. The van der Waals surface area contributed by atoms with E-state index in [1.807, 2.05) is 43.3 Å². The third-order valence-electron chi connectivity index (χ3n) is 3.11. The molecular weight excluding hydrogens is 284 g/mol. The van der Waals surface area contributed by atoms with Gasteiger partial charge in [0.15, 0.2) is 0 Å². The fourth-order valence-electron chi connectivity index (χ4n) is 2.17. The van der Waals surface area contributed by atoms with Crippen molar-refractivity contribution < 1.29 is 9.53 Å². The Bertz CT molecular complexity index is 722. The van der Waals surface area contributed by atoms with Gasteiger partial charge in [0.25, 0.3) is 0 Å². The molecule has 3 aromatic rings. The van der Waals surface area contributed by atoms with Gasteiger partial charge in [0.2, 0.25) is 0 Å². The lowest BCUT2D eigenvalue weighted by Crippen LogP contribution is -2.17. The molecule has 5 heteroatoms. The van der Waals surface area contributed by atoms with Crippen LogP contribution in [0.25, 0.3) is 10.2 Å². The molecule has 0 radical (unpaired) electrons. The molecule has 21 heavy (non-hydrogen) atoms. The number of pyridine rings is 1. The van der Waals surface area contributed by atoms with Crippen molar-refractivity contribution in [2.24, 2.45) is 0 Å². The predicted octanol–water partition coefficient (Wildman–Crippen LogP) is 3.39. The van der Waals surface area contributed by atoms with Crippen LogP contribution in [0, 0.1) is 0 Å². The van der Waals surface area contributed by atoms with Crippen LogP contribution in [0.3, 0.4) is 0 Å². The minimum Gasteiger partial charge on any atom is -0.465 e. The maximum absolute atomic E-state index is 12.3. The first-order valence-corrected chi connectivity index (χ1v) is 7.53. The zero-order chi connectivity index (χ0) is 14.7. The molecule has 0 N–H and O–H groups in total. The van der Waals surface area contributed by atoms with Gasteiger partial charge in [-0.1, -0.05) is 30.3 Å². The van der Waals surface area contributed by atoms with E-state index in [-0.39, 0.29) is 5.97 Å². The van der Waals surface area contributed by atoms with E-state index < -0.39 is 5.92 Å². The summed E-state index contributed by atoms with van der Waals surface area (Å²) in [6.45, 7) is 2.16. The molecule has 0 aliphatic carbocycles. The highest BCUT2D eigenvalue weighted by atomic mass is 32.1. The molecule has 0 saturated heterocycles. The minimum absolute atomic E-state index is 0.268. The van der Waals surface area contributed by atoms with E-state index in [0.717, 1.165) is 20.8 Å². The van der Waals surface area contributed by atoms with E-state index in [1.54, 1.807) is 12.4 Å². The molecule has 0 saturated carbocycles. The summed E-state index contributed by atoms with van der Waals surface area (Å²) in [5.41, 5.74) is 1.70.